The molecule has 13 heavy (non-hydrogen) atoms. The molecule has 0 aromatic heterocycles. The van der Waals surface area contributed by atoms with Crippen LogP contribution >= 0.6 is 0 Å². The molecule has 0 radical (unpaired) electrons. The third-order valence-electron chi connectivity index (χ3n) is 1.92. The maximum atomic E-state index is 5.76. The number of rotatable bonds is 1. The highest BCUT2D eigenvalue weighted by Gasteiger charge is 2.01. The number of benzene rings is 1. The molecule has 1 aromatic rings. The molecular formula is C12H21N. The molecule has 1 rings (SSSR count). The SMILES string of the molecule is CC.Cc1ccc(C(C)N)c(C)c1. The molecule has 1 atom stereocenters. The van der Waals surface area contributed by atoms with Gasteiger partial charge in [0.15, 0.2) is 0 Å². The molecule has 0 aliphatic rings. The van der Waals surface area contributed by atoms with Gasteiger partial charge in [0, 0.05) is 6.04 Å². The van der Waals surface area contributed by atoms with Gasteiger partial charge in [0.05, 0.1) is 0 Å². The molecule has 0 aliphatic carbocycles. The van der Waals surface area contributed by atoms with E-state index >= 15 is 0 Å². The van der Waals surface area contributed by atoms with Crippen LogP contribution in [0.3, 0.4) is 0 Å². The molecule has 74 valence electrons. The molecule has 0 bridgehead atoms. The molecule has 1 aromatic carbocycles. The van der Waals surface area contributed by atoms with Crippen molar-refractivity contribution in [3.05, 3.63) is 34.9 Å². The predicted molar refractivity (Wildman–Crippen MR) is 59.9 cm³/mol. The van der Waals surface area contributed by atoms with Crippen LogP contribution in [0.15, 0.2) is 18.2 Å². The van der Waals surface area contributed by atoms with Crippen molar-refractivity contribution < 1.29 is 0 Å². The van der Waals surface area contributed by atoms with Gasteiger partial charge in [-0.15, -0.1) is 0 Å². The van der Waals surface area contributed by atoms with E-state index in [-0.39, 0.29) is 6.04 Å². The minimum Gasteiger partial charge on any atom is -0.324 e. The lowest BCUT2D eigenvalue weighted by atomic mass is 10.0. The zero-order valence-electron chi connectivity index (χ0n) is 9.39. The van der Waals surface area contributed by atoms with Crippen LogP contribution in [0, 0.1) is 13.8 Å². The summed E-state index contributed by atoms with van der Waals surface area (Å²) >= 11 is 0. The highest BCUT2D eigenvalue weighted by atomic mass is 14.6. The standard InChI is InChI=1S/C10H15N.C2H6/c1-7-4-5-10(9(3)11)8(2)6-7;1-2/h4-6,9H,11H2,1-3H3;1-2H3. The summed E-state index contributed by atoms with van der Waals surface area (Å²) in [4.78, 5) is 0. The van der Waals surface area contributed by atoms with Crippen molar-refractivity contribution in [3.63, 3.8) is 0 Å². The van der Waals surface area contributed by atoms with E-state index in [1.54, 1.807) is 0 Å². The number of hydrogen-bond donors (Lipinski definition) is 1. The monoisotopic (exact) mass is 179 g/mol. The third kappa shape index (κ3) is 3.60. The largest absolute Gasteiger partial charge is 0.324 e. The Morgan fingerprint density at radius 2 is 1.69 bits per heavy atom. The molecule has 0 spiro atoms. The van der Waals surface area contributed by atoms with Gasteiger partial charge in [-0.1, -0.05) is 37.6 Å². The van der Waals surface area contributed by atoms with Crippen molar-refractivity contribution >= 4 is 0 Å². The summed E-state index contributed by atoms with van der Waals surface area (Å²) < 4.78 is 0. The topological polar surface area (TPSA) is 26.0 Å². The Kier molecular flexibility index (Phi) is 5.40. The molecular weight excluding hydrogens is 158 g/mol. The fourth-order valence-electron chi connectivity index (χ4n) is 1.34. The van der Waals surface area contributed by atoms with Crippen molar-refractivity contribution in [2.75, 3.05) is 0 Å². The molecule has 0 aliphatic heterocycles. The number of hydrogen-bond acceptors (Lipinski definition) is 1. The van der Waals surface area contributed by atoms with Crippen LogP contribution in [0.5, 0.6) is 0 Å². The lowest BCUT2D eigenvalue weighted by Gasteiger charge is -2.09. The highest BCUT2D eigenvalue weighted by molar-refractivity contribution is 5.32. The second-order valence-corrected chi connectivity index (χ2v) is 3.15. The number of nitrogens with two attached hydrogens (primary N) is 1. The Labute approximate surface area is 82.0 Å². The summed E-state index contributed by atoms with van der Waals surface area (Å²) in [6.45, 7) is 10.2. The fraction of sp³-hybridized carbons (Fsp3) is 0.500. The van der Waals surface area contributed by atoms with Gasteiger partial charge in [-0.25, -0.2) is 0 Å². The van der Waals surface area contributed by atoms with Gasteiger partial charge in [-0.3, -0.25) is 0 Å². The summed E-state index contributed by atoms with van der Waals surface area (Å²) in [5.74, 6) is 0. The zero-order chi connectivity index (χ0) is 10.4. The molecule has 2 N–H and O–H groups in total. The van der Waals surface area contributed by atoms with E-state index in [0.717, 1.165) is 0 Å². The maximum Gasteiger partial charge on any atom is 0.0268 e. The van der Waals surface area contributed by atoms with Crippen molar-refractivity contribution in [2.24, 2.45) is 5.73 Å². The van der Waals surface area contributed by atoms with Crippen LogP contribution in [0.4, 0.5) is 0 Å². The van der Waals surface area contributed by atoms with Gasteiger partial charge < -0.3 is 5.73 Å². The first-order chi connectivity index (χ1) is 6.11. The maximum absolute atomic E-state index is 5.76. The van der Waals surface area contributed by atoms with E-state index in [0.29, 0.717) is 0 Å². The Morgan fingerprint density at radius 3 is 2.08 bits per heavy atom. The minimum atomic E-state index is 0.149. The van der Waals surface area contributed by atoms with Crippen LogP contribution in [0.25, 0.3) is 0 Å². The van der Waals surface area contributed by atoms with Gasteiger partial charge in [-0.05, 0) is 31.9 Å². The van der Waals surface area contributed by atoms with Crippen LogP contribution < -0.4 is 5.73 Å². The highest BCUT2D eigenvalue weighted by Crippen LogP contribution is 2.15. The molecule has 1 nitrogen and oxygen atoms in total. The first-order valence-corrected chi connectivity index (χ1v) is 4.94. The summed E-state index contributed by atoms with van der Waals surface area (Å²) in [7, 11) is 0. The fourth-order valence-corrected chi connectivity index (χ4v) is 1.34. The molecule has 0 saturated heterocycles. The Morgan fingerprint density at radius 1 is 1.15 bits per heavy atom. The summed E-state index contributed by atoms with van der Waals surface area (Å²) in [6.07, 6.45) is 0. The third-order valence-corrected chi connectivity index (χ3v) is 1.92. The zero-order valence-corrected chi connectivity index (χ0v) is 9.39. The van der Waals surface area contributed by atoms with Gasteiger partial charge >= 0.3 is 0 Å². The van der Waals surface area contributed by atoms with Crippen LogP contribution in [0.2, 0.25) is 0 Å². The first kappa shape index (κ1) is 12.2. The van der Waals surface area contributed by atoms with E-state index in [2.05, 4.69) is 32.0 Å². The van der Waals surface area contributed by atoms with E-state index in [4.69, 9.17) is 5.73 Å². The van der Waals surface area contributed by atoms with Gasteiger partial charge in [0.2, 0.25) is 0 Å². The Balaban J connectivity index is 0.000000671. The minimum absolute atomic E-state index is 0.149. The molecule has 1 unspecified atom stereocenters. The van der Waals surface area contributed by atoms with Gasteiger partial charge in [-0.2, -0.15) is 0 Å². The van der Waals surface area contributed by atoms with E-state index in [1.807, 2.05) is 20.8 Å². The van der Waals surface area contributed by atoms with Crippen LogP contribution in [-0.2, 0) is 0 Å². The average Bonchev–Trinajstić information content (AvgIpc) is 2.07. The Bertz CT molecular complexity index is 251. The molecule has 1 heteroatoms. The average molecular weight is 179 g/mol. The summed E-state index contributed by atoms with van der Waals surface area (Å²) in [5.41, 5.74) is 9.60. The molecule has 0 fully saturated rings. The number of aryl methyl sites for hydroxylation is 2. The molecule has 0 amide bonds. The first-order valence-electron chi connectivity index (χ1n) is 4.94. The second kappa shape index (κ2) is 5.76. The van der Waals surface area contributed by atoms with E-state index < -0.39 is 0 Å². The van der Waals surface area contributed by atoms with Crippen molar-refractivity contribution in [1.29, 1.82) is 0 Å². The quantitative estimate of drug-likeness (QED) is 0.703. The van der Waals surface area contributed by atoms with Gasteiger partial charge in [0.1, 0.15) is 0 Å². The molecule has 0 saturated carbocycles. The predicted octanol–water partition coefficient (Wildman–Crippen LogP) is 3.35. The van der Waals surface area contributed by atoms with Crippen molar-refractivity contribution in [1.82, 2.24) is 0 Å². The Hall–Kier alpha value is -0.820. The van der Waals surface area contributed by atoms with Gasteiger partial charge in [0.25, 0.3) is 0 Å². The molecule has 0 heterocycles. The normalized spacial score (nSPS) is 11.5. The smallest absolute Gasteiger partial charge is 0.0268 e. The lowest BCUT2D eigenvalue weighted by molar-refractivity contribution is 0.809. The van der Waals surface area contributed by atoms with Crippen molar-refractivity contribution in [3.8, 4) is 0 Å². The summed E-state index contributed by atoms with van der Waals surface area (Å²) in [5, 5.41) is 0. The van der Waals surface area contributed by atoms with Crippen LogP contribution in [0.1, 0.15) is 43.5 Å². The summed E-state index contributed by atoms with van der Waals surface area (Å²) in [6, 6.07) is 6.52. The van der Waals surface area contributed by atoms with Crippen LogP contribution in [-0.4, -0.2) is 0 Å². The van der Waals surface area contributed by atoms with Crippen molar-refractivity contribution in [2.45, 2.75) is 40.7 Å². The van der Waals surface area contributed by atoms with E-state index in [9.17, 15) is 0 Å². The van der Waals surface area contributed by atoms with E-state index in [1.165, 1.54) is 16.7 Å². The lowest BCUT2D eigenvalue weighted by Crippen LogP contribution is -2.06. The second-order valence-electron chi connectivity index (χ2n) is 3.15.